The first kappa shape index (κ1) is 23.6. The SMILES string of the molecule is CC(=O)c1cc(NC(=O)[C@@H]2O[C@@](C)(C(F)(F)F)[C@@H](C)[C@H]2c2ccc(F)c(F)c2O)ccn1. The van der Waals surface area contributed by atoms with Crippen molar-refractivity contribution < 1.29 is 41.4 Å². The number of halogens is 5. The van der Waals surface area contributed by atoms with Crippen molar-refractivity contribution in [1.29, 1.82) is 0 Å². The highest BCUT2D eigenvalue weighted by molar-refractivity contribution is 5.97. The van der Waals surface area contributed by atoms with Gasteiger partial charge in [0.25, 0.3) is 5.91 Å². The Morgan fingerprint density at radius 2 is 1.88 bits per heavy atom. The Morgan fingerprint density at radius 1 is 1.22 bits per heavy atom. The second kappa shape index (κ2) is 8.12. The van der Waals surface area contributed by atoms with Gasteiger partial charge in [-0.1, -0.05) is 13.0 Å². The minimum Gasteiger partial charge on any atom is -0.505 e. The number of hydrogen-bond donors (Lipinski definition) is 2. The normalized spacial score (nSPS) is 25.6. The molecular weight excluding hydrogens is 439 g/mol. The number of ketones is 1. The van der Waals surface area contributed by atoms with Crippen LogP contribution >= 0.6 is 0 Å². The van der Waals surface area contributed by atoms with Crippen LogP contribution in [0.5, 0.6) is 5.75 Å². The Balaban J connectivity index is 2.05. The number of Topliss-reactive ketones (excluding diaryl/α,β-unsaturated/α-hetero) is 1. The minimum absolute atomic E-state index is 0.0124. The summed E-state index contributed by atoms with van der Waals surface area (Å²) in [5.41, 5.74) is -3.14. The van der Waals surface area contributed by atoms with Crippen molar-refractivity contribution >= 4 is 17.4 Å². The summed E-state index contributed by atoms with van der Waals surface area (Å²) in [6.45, 7) is 3.13. The summed E-state index contributed by atoms with van der Waals surface area (Å²) in [6, 6.07) is 4.11. The fraction of sp³-hybridized carbons (Fsp3) is 0.381. The molecule has 1 aliphatic rings. The molecule has 4 atom stereocenters. The van der Waals surface area contributed by atoms with E-state index in [-0.39, 0.29) is 11.4 Å². The van der Waals surface area contributed by atoms with E-state index < -0.39 is 64.4 Å². The van der Waals surface area contributed by atoms with Gasteiger partial charge in [0.15, 0.2) is 23.0 Å². The molecule has 32 heavy (non-hydrogen) atoms. The van der Waals surface area contributed by atoms with Crippen molar-refractivity contribution in [1.82, 2.24) is 4.98 Å². The molecule has 2 aromatic rings. The van der Waals surface area contributed by atoms with Crippen molar-refractivity contribution in [3.05, 3.63) is 53.4 Å². The van der Waals surface area contributed by atoms with E-state index in [1.807, 2.05) is 0 Å². The second-order valence-electron chi connectivity index (χ2n) is 7.73. The van der Waals surface area contributed by atoms with Crippen LogP contribution in [0, 0.1) is 17.6 Å². The van der Waals surface area contributed by atoms with Gasteiger partial charge in [-0.2, -0.15) is 17.6 Å². The lowest BCUT2D eigenvalue weighted by Crippen LogP contribution is -2.47. The van der Waals surface area contributed by atoms with E-state index in [0.717, 1.165) is 19.9 Å². The van der Waals surface area contributed by atoms with E-state index in [1.54, 1.807) is 0 Å². The van der Waals surface area contributed by atoms with Crippen molar-refractivity contribution in [2.24, 2.45) is 5.92 Å². The van der Waals surface area contributed by atoms with Gasteiger partial charge >= 0.3 is 6.18 Å². The lowest BCUT2D eigenvalue weighted by atomic mass is 9.77. The maximum Gasteiger partial charge on any atom is 0.417 e. The molecule has 1 saturated heterocycles. The first-order valence-electron chi connectivity index (χ1n) is 9.47. The number of alkyl halides is 3. The molecule has 0 saturated carbocycles. The Labute approximate surface area is 179 Å². The molecule has 1 aliphatic heterocycles. The number of pyridine rings is 1. The quantitative estimate of drug-likeness (QED) is 0.526. The monoisotopic (exact) mass is 458 g/mol. The number of benzene rings is 1. The number of aromatic hydroxyl groups is 1. The van der Waals surface area contributed by atoms with E-state index in [1.165, 1.54) is 25.3 Å². The third-order valence-electron chi connectivity index (χ3n) is 5.77. The van der Waals surface area contributed by atoms with Crippen LogP contribution in [0.25, 0.3) is 0 Å². The van der Waals surface area contributed by atoms with Crippen LogP contribution in [0.1, 0.15) is 42.7 Å². The van der Waals surface area contributed by atoms with E-state index in [2.05, 4.69) is 10.3 Å². The highest BCUT2D eigenvalue weighted by atomic mass is 19.4. The van der Waals surface area contributed by atoms with Gasteiger partial charge in [0.05, 0.1) is 0 Å². The molecule has 0 spiro atoms. The summed E-state index contributed by atoms with van der Waals surface area (Å²) in [7, 11) is 0. The number of nitrogens with zero attached hydrogens (tertiary/aromatic N) is 1. The van der Waals surface area contributed by atoms with Gasteiger partial charge in [-0.05, 0) is 25.1 Å². The molecule has 1 aromatic heterocycles. The number of carbonyl (C=O) groups is 2. The number of aromatic nitrogens is 1. The second-order valence-corrected chi connectivity index (χ2v) is 7.73. The topological polar surface area (TPSA) is 88.5 Å². The highest BCUT2D eigenvalue weighted by Gasteiger charge is 2.65. The lowest BCUT2D eigenvalue weighted by Gasteiger charge is -2.31. The lowest BCUT2D eigenvalue weighted by molar-refractivity contribution is -0.272. The molecule has 0 unspecified atom stereocenters. The van der Waals surface area contributed by atoms with E-state index in [0.29, 0.717) is 6.07 Å². The Kier molecular flexibility index (Phi) is 5.98. The summed E-state index contributed by atoms with van der Waals surface area (Å²) in [5.74, 6) is -8.59. The average molecular weight is 458 g/mol. The maximum absolute atomic E-state index is 14.0. The van der Waals surface area contributed by atoms with Crippen LogP contribution in [0.15, 0.2) is 30.5 Å². The van der Waals surface area contributed by atoms with Crippen molar-refractivity contribution in [3.63, 3.8) is 0 Å². The largest absolute Gasteiger partial charge is 0.505 e. The van der Waals surface area contributed by atoms with Crippen molar-refractivity contribution in [2.75, 3.05) is 5.32 Å². The third-order valence-corrected chi connectivity index (χ3v) is 5.77. The molecular formula is C21H19F5N2O4. The number of rotatable bonds is 4. The van der Waals surface area contributed by atoms with Crippen LogP contribution < -0.4 is 5.32 Å². The molecule has 3 rings (SSSR count). The molecule has 1 fully saturated rings. The van der Waals surface area contributed by atoms with Crippen molar-refractivity contribution in [2.45, 2.75) is 44.6 Å². The number of phenolic OH excluding ortho intramolecular Hbond substituents is 1. The van der Waals surface area contributed by atoms with Crippen LogP contribution in [-0.2, 0) is 9.53 Å². The Morgan fingerprint density at radius 3 is 2.47 bits per heavy atom. The smallest absolute Gasteiger partial charge is 0.417 e. The van der Waals surface area contributed by atoms with Gasteiger partial charge < -0.3 is 15.2 Å². The van der Waals surface area contributed by atoms with E-state index in [9.17, 15) is 36.6 Å². The molecule has 172 valence electrons. The maximum atomic E-state index is 14.0. The van der Waals surface area contributed by atoms with Crippen LogP contribution in [0.4, 0.5) is 27.6 Å². The fourth-order valence-corrected chi connectivity index (χ4v) is 3.76. The van der Waals surface area contributed by atoms with Crippen LogP contribution in [-0.4, -0.2) is 39.7 Å². The summed E-state index contributed by atoms with van der Waals surface area (Å²) in [4.78, 5) is 28.3. The first-order chi connectivity index (χ1) is 14.8. The molecule has 0 radical (unpaired) electrons. The zero-order chi connectivity index (χ0) is 24.0. The minimum atomic E-state index is -4.91. The van der Waals surface area contributed by atoms with E-state index in [4.69, 9.17) is 4.74 Å². The highest BCUT2D eigenvalue weighted by Crippen LogP contribution is 2.54. The molecule has 0 bridgehead atoms. The molecule has 1 aromatic carbocycles. The van der Waals surface area contributed by atoms with E-state index >= 15 is 0 Å². The number of anilines is 1. The number of amides is 1. The molecule has 2 heterocycles. The number of carbonyl (C=O) groups excluding carboxylic acids is 2. The Hall–Kier alpha value is -3.08. The molecule has 6 nitrogen and oxygen atoms in total. The van der Waals surface area contributed by atoms with Crippen LogP contribution in [0.3, 0.4) is 0 Å². The van der Waals surface area contributed by atoms with Gasteiger partial charge in [0.1, 0.15) is 11.8 Å². The summed E-state index contributed by atoms with van der Waals surface area (Å²) in [5, 5.41) is 12.4. The number of ether oxygens (including phenoxy) is 1. The summed E-state index contributed by atoms with van der Waals surface area (Å²) < 4.78 is 74.1. The predicted octanol–water partition coefficient (Wildman–Crippen LogP) is 4.35. The van der Waals surface area contributed by atoms with Crippen molar-refractivity contribution in [3.8, 4) is 5.75 Å². The first-order valence-corrected chi connectivity index (χ1v) is 9.47. The average Bonchev–Trinajstić information content (AvgIpc) is 2.99. The summed E-state index contributed by atoms with van der Waals surface area (Å²) >= 11 is 0. The molecule has 2 N–H and O–H groups in total. The number of nitrogens with one attached hydrogen (secondary N) is 1. The van der Waals surface area contributed by atoms with Gasteiger partial charge in [0.2, 0.25) is 5.82 Å². The zero-order valence-electron chi connectivity index (χ0n) is 17.1. The molecule has 11 heteroatoms. The standard InChI is InChI=1S/C21H19F5N2O4/c1-9-15(12-4-5-13(22)16(23)17(12)30)18(32-20(9,3)21(24,25)26)19(31)28-11-6-7-27-14(8-11)10(2)29/h4-9,15,18,30H,1-3H3,(H,27,28,31)/t9-,15-,18+,20+/m0/s1. The Bertz CT molecular complexity index is 1070. The fourth-order valence-electron chi connectivity index (χ4n) is 3.76. The third kappa shape index (κ3) is 3.92. The zero-order valence-corrected chi connectivity index (χ0v) is 17.1. The van der Waals surface area contributed by atoms with Gasteiger partial charge in [0, 0.05) is 36.2 Å². The van der Waals surface area contributed by atoms with Crippen LogP contribution in [0.2, 0.25) is 0 Å². The summed E-state index contributed by atoms with van der Waals surface area (Å²) in [6.07, 6.45) is -5.50. The molecule has 0 aliphatic carbocycles. The van der Waals surface area contributed by atoms with Gasteiger partial charge in [-0.15, -0.1) is 0 Å². The van der Waals surface area contributed by atoms with Gasteiger partial charge in [-0.3, -0.25) is 14.6 Å². The number of phenols is 1. The van der Waals surface area contributed by atoms with Gasteiger partial charge in [-0.25, -0.2) is 4.39 Å². The number of hydrogen-bond acceptors (Lipinski definition) is 5. The molecule has 1 amide bonds. The predicted molar refractivity (Wildman–Crippen MR) is 102 cm³/mol.